The van der Waals surface area contributed by atoms with Crippen molar-refractivity contribution in [2.45, 2.75) is 83.6 Å². The van der Waals surface area contributed by atoms with Gasteiger partial charge in [0.1, 0.15) is 5.54 Å². The van der Waals surface area contributed by atoms with Gasteiger partial charge in [0.2, 0.25) is 5.91 Å². The summed E-state index contributed by atoms with van der Waals surface area (Å²) in [6, 6.07) is 2.43. The van der Waals surface area contributed by atoms with Crippen LogP contribution >= 0.6 is 0 Å². The van der Waals surface area contributed by atoms with Crippen LogP contribution in [0.4, 0.5) is 0 Å². The Hall–Kier alpha value is -1.04. The summed E-state index contributed by atoms with van der Waals surface area (Å²) in [7, 11) is 0. The van der Waals surface area contributed by atoms with Crippen LogP contribution in [0, 0.1) is 22.7 Å². The van der Waals surface area contributed by atoms with E-state index in [0.717, 1.165) is 44.9 Å². The van der Waals surface area contributed by atoms with E-state index in [1.807, 2.05) is 0 Å². The standard InChI is InChI=1S/C17H28N2O/c1-16(2)10-8-9-14(16)15(20)19-17(13-18)11-6-4-3-5-7-12-17/h14H,3-12H2,1-2H3,(H,19,20). The molecule has 112 valence electrons. The number of amides is 1. The fourth-order valence-corrected chi connectivity index (χ4v) is 3.91. The molecule has 1 amide bonds. The molecule has 0 aromatic heterocycles. The first-order valence-corrected chi connectivity index (χ1v) is 8.22. The fraction of sp³-hybridized carbons (Fsp3) is 0.882. The third kappa shape index (κ3) is 3.34. The lowest BCUT2D eigenvalue weighted by Gasteiger charge is -2.33. The molecule has 2 rings (SSSR count). The quantitative estimate of drug-likeness (QED) is 0.830. The van der Waals surface area contributed by atoms with Gasteiger partial charge in [-0.1, -0.05) is 52.4 Å². The zero-order valence-corrected chi connectivity index (χ0v) is 13.0. The van der Waals surface area contributed by atoms with Gasteiger partial charge in [0.15, 0.2) is 0 Å². The molecule has 2 saturated carbocycles. The van der Waals surface area contributed by atoms with E-state index < -0.39 is 5.54 Å². The second-order valence-electron chi connectivity index (χ2n) is 7.38. The van der Waals surface area contributed by atoms with Gasteiger partial charge in [-0.15, -0.1) is 0 Å². The molecule has 0 aromatic rings. The Morgan fingerprint density at radius 3 is 2.15 bits per heavy atom. The first kappa shape index (κ1) is 15.4. The predicted molar refractivity (Wildman–Crippen MR) is 79.9 cm³/mol. The number of hydrogen-bond donors (Lipinski definition) is 1. The maximum Gasteiger partial charge on any atom is 0.224 e. The lowest BCUT2D eigenvalue weighted by Crippen LogP contribution is -2.51. The van der Waals surface area contributed by atoms with E-state index in [2.05, 4.69) is 25.2 Å². The van der Waals surface area contributed by atoms with Crippen molar-refractivity contribution < 1.29 is 4.79 Å². The van der Waals surface area contributed by atoms with Crippen molar-refractivity contribution in [3.63, 3.8) is 0 Å². The molecule has 0 heterocycles. The van der Waals surface area contributed by atoms with Crippen LogP contribution in [0.3, 0.4) is 0 Å². The topological polar surface area (TPSA) is 52.9 Å². The normalized spacial score (nSPS) is 28.9. The molecule has 20 heavy (non-hydrogen) atoms. The molecule has 2 aliphatic rings. The van der Waals surface area contributed by atoms with E-state index in [1.54, 1.807) is 0 Å². The van der Waals surface area contributed by atoms with Gasteiger partial charge < -0.3 is 5.32 Å². The van der Waals surface area contributed by atoms with E-state index in [4.69, 9.17) is 0 Å². The lowest BCUT2D eigenvalue weighted by atomic mass is 9.79. The SMILES string of the molecule is CC1(C)CCCC1C(=O)NC1(C#N)CCCCCCC1. The highest BCUT2D eigenvalue weighted by Gasteiger charge is 2.42. The van der Waals surface area contributed by atoms with Crippen molar-refractivity contribution in [3.8, 4) is 6.07 Å². The minimum atomic E-state index is -0.601. The Morgan fingerprint density at radius 2 is 1.65 bits per heavy atom. The van der Waals surface area contributed by atoms with Crippen LogP contribution in [0.5, 0.6) is 0 Å². The summed E-state index contributed by atoms with van der Waals surface area (Å²) in [5.74, 6) is 0.202. The number of carbonyl (C=O) groups is 1. The van der Waals surface area contributed by atoms with Crippen molar-refractivity contribution in [1.82, 2.24) is 5.32 Å². The molecule has 0 saturated heterocycles. The highest BCUT2D eigenvalue weighted by molar-refractivity contribution is 5.81. The van der Waals surface area contributed by atoms with Crippen LogP contribution in [0.2, 0.25) is 0 Å². The van der Waals surface area contributed by atoms with E-state index in [1.165, 1.54) is 19.3 Å². The number of nitrogens with zero attached hydrogens (tertiary/aromatic N) is 1. The molecule has 0 aliphatic heterocycles. The maximum absolute atomic E-state index is 12.6. The van der Waals surface area contributed by atoms with E-state index in [9.17, 15) is 10.1 Å². The predicted octanol–water partition coefficient (Wildman–Crippen LogP) is 3.94. The van der Waals surface area contributed by atoms with Crippen LogP contribution in [0.25, 0.3) is 0 Å². The van der Waals surface area contributed by atoms with Crippen molar-refractivity contribution in [2.24, 2.45) is 11.3 Å². The molecule has 1 N–H and O–H groups in total. The monoisotopic (exact) mass is 276 g/mol. The third-order valence-corrected chi connectivity index (χ3v) is 5.36. The van der Waals surface area contributed by atoms with Gasteiger partial charge >= 0.3 is 0 Å². The molecule has 1 atom stereocenters. The summed E-state index contributed by atoms with van der Waals surface area (Å²) in [5, 5.41) is 12.8. The number of rotatable bonds is 2. The van der Waals surface area contributed by atoms with Crippen LogP contribution in [0.15, 0.2) is 0 Å². The molecule has 3 nitrogen and oxygen atoms in total. The Bertz CT molecular complexity index is 386. The molecule has 0 aromatic carbocycles. The number of nitrogens with one attached hydrogen (secondary N) is 1. The highest BCUT2D eigenvalue weighted by Crippen LogP contribution is 2.43. The molecule has 0 spiro atoms. The average molecular weight is 276 g/mol. The molecular formula is C17H28N2O. The Morgan fingerprint density at radius 1 is 1.05 bits per heavy atom. The molecule has 3 heteroatoms. The second kappa shape index (κ2) is 6.16. The van der Waals surface area contributed by atoms with Crippen molar-refractivity contribution in [1.29, 1.82) is 5.26 Å². The van der Waals surface area contributed by atoms with Crippen LogP contribution in [-0.4, -0.2) is 11.4 Å². The van der Waals surface area contributed by atoms with Gasteiger partial charge in [-0.2, -0.15) is 5.26 Å². The number of hydrogen-bond acceptors (Lipinski definition) is 2. The minimum absolute atomic E-state index is 0.0816. The first-order valence-electron chi connectivity index (χ1n) is 8.22. The van der Waals surface area contributed by atoms with Gasteiger partial charge in [0.05, 0.1) is 6.07 Å². The third-order valence-electron chi connectivity index (χ3n) is 5.36. The number of carbonyl (C=O) groups excluding carboxylic acids is 1. The average Bonchev–Trinajstić information content (AvgIpc) is 2.72. The van der Waals surface area contributed by atoms with Gasteiger partial charge in [0, 0.05) is 5.92 Å². The smallest absolute Gasteiger partial charge is 0.224 e. The van der Waals surface area contributed by atoms with Crippen LogP contribution in [0.1, 0.15) is 78.1 Å². The Labute approximate surface area is 123 Å². The molecule has 0 radical (unpaired) electrons. The summed E-state index contributed by atoms with van der Waals surface area (Å²) >= 11 is 0. The van der Waals surface area contributed by atoms with Crippen molar-refractivity contribution >= 4 is 5.91 Å². The van der Waals surface area contributed by atoms with Gasteiger partial charge in [-0.25, -0.2) is 0 Å². The summed E-state index contributed by atoms with van der Waals surface area (Å²) in [5.41, 5.74) is -0.515. The Kier molecular flexibility index (Phi) is 4.73. The summed E-state index contributed by atoms with van der Waals surface area (Å²) in [4.78, 5) is 12.6. The van der Waals surface area contributed by atoms with Crippen LogP contribution < -0.4 is 5.32 Å². The van der Waals surface area contributed by atoms with Crippen molar-refractivity contribution in [3.05, 3.63) is 0 Å². The molecule has 2 aliphatic carbocycles. The molecule has 2 fully saturated rings. The second-order valence-corrected chi connectivity index (χ2v) is 7.38. The van der Waals surface area contributed by atoms with E-state index in [0.29, 0.717) is 0 Å². The van der Waals surface area contributed by atoms with E-state index >= 15 is 0 Å². The summed E-state index contributed by atoms with van der Waals surface area (Å²) in [6.07, 6.45) is 10.6. The molecular weight excluding hydrogens is 248 g/mol. The number of nitriles is 1. The largest absolute Gasteiger partial charge is 0.338 e. The van der Waals surface area contributed by atoms with Gasteiger partial charge in [0.25, 0.3) is 0 Å². The fourth-order valence-electron chi connectivity index (χ4n) is 3.91. The summed E-state index contributed by atoms with van der Waals surface area (Å²) < 4.78 is 0. The van der Waals surface area contributed by atoms with E-state index in [-0.39, 0.29) is 17.2 Å². The molecule has 0 bridgehead atoms. The van der Waals surface area contributed by atoms with Crippen LogP contribution in [-0.2, 0) is 4.79 Å². The highest BCUT2D eigenvalue weighted by atomic mass is 16.2. The Balaban J connectivity index is 2.05. The summed E-state index contributed by atoms with van der Waals surface area (Å²) in [6.45, 7) is 4.36. The zero-order chi connectivity index (χ0) is 14.6. The van der Waals surface area contributed by atoms with Gasteiger partial charge in [-0.05, 0) is 31.1 Å². The minimum Gasteiger partial charge on any atom is -0.338 e. The van der Waals surface area contributed by atoms with Gasteiger partial charge in [-0.3, -0.25) is 4.79 Å². The first-order chi connectivity index (χ1) is 9.49. The lowest BCUT2D eigenvalue weighted by molar-refractivity contribution is -0.129. The zero-order valence-electron chi connectivity index (χ0n) is 13.0. The maximum atomic E-state index is 12.6. The molecule has 1 unspecified atom stereocenters. The van der Waals surface area contributed by atoms with Crippen molar-refractivity contribution in [2.75, 3.05) is 0 Å².